The van der Waals surface area contributed by atoms with Crippen LogP contribution in [0, 0.1) is 5.92 Å². The largest absolute Gasteiger partial charge is 0.494 e. The fourth-order valence-electron chi connectivity index (χ4n) is 4.47. The molecule has 0 radical (unpaired) electrons. The van der Waals surface area contributed by atoms with Crippen LogP contribution in [0.15, 0.2) is 52.5 Å². The monoisotopic (exact) mass is 500 g/mol. The van der Waals surface area contributed by atoms with Gasteiger partial charge < -0.3 is 14.7 Å². The summed E-state index contributed by atoms with van der Waals surface area (Å²) in [6.45, 7) is 4.76. The lowest BCUT2D eigenvalue weighted by Crippen LogP contribution is -2.30. The third-order valence-electron chi connectivity index (χ3n) is 6.07. The number of ether oxygens (including phenoxy) is 1. The lowest BCUT2D eigenvalue weighted by molar-refractivity contribution is -0.136. The standard InChI is InChI=1S/C24H28N4O6S/c1-4-34-18-9-10-23(17(11-18)13-25-33-3)35(31,32)27-14-16(2)22(15-27)28-21-8-6-5-7-19(21)20(26-28)12-24(29)30/h5-11,13,16,22H,4,12,14-15H2,1-3H3,(H,29,30)/b25-13+/t16-,22+/m1/s1. The van der Waals surface area contributed by atoms with Crippen LogP contribution in [0.3, 0.4) is 0 Å². The van der Waals surface area contributed by atoms with Crippen LogP contribution in [0.2, 0.25) is 0 Å². The van der Waals surface area contributed by atoms with Crippen LogP contribution in [0.1, 0.15) is 31.1 Å². The summed E-state index contributed by atoms with van der Waals surface area (Å²) >= 11 is 0. The molecule has 0 amide bonds. The molecule has 0 bridgehead atoms. The van der Waals surface area contributed by atoms with Crippen molar-refractivity contribution in [1.29, 1.82) is 0 Å². The second-order valence-corrected chi connectivity index (χ2v) is 10.3. The topological polar surface area (TPSA) is 123 Å². The number of hydrogen-bond acceptors (Lipinski definition) is 7. The van der Waals surface area contributed by atoms with Crippen molar-refractivity contribution in [2.45, 2.75) is 31.2 Å². The van der Waals surface area contributed by atoms with Crippen LogP contribution in [0.4, 0.5) is 0 Å². The number of sulfonamides is 1. The molecule has 1 fully saturated rings. The van der Waals surface area contributed by atoms with E-state index >= 15 is 0 Å². The highest BCUT2D eigenvalue weighted by Crippen LogP contribution is 2.35. The Hall–Kier alpha value is -3.44. The van der Waals surface area contributed by atoms with Gasteiger partial charge in [-0.1, -0.05) is 30.3 Å². The lowest BCUT2D eigenvalue weighted by atomic mass is 10.1. The number of benzene rings is 2. The van der Waals surface area contributed by atoms with Gasteiger partial charge in [-0.15, -0.1) is 0 Å². The highest BCUT2D eigenvalue weighted by atomic mass is 32.2. The van der Waals surface area contributed by atoms with Crippen molar-refractivity contribution in [1.82, 2.24) is 14.1 Å². The Morgan fingerprint density at radius 3 is 2.74 bits per heavy atom. The maximum atomic E-state index is 13.7. The Morgan fingerprint density at radius 1 is 1.26 bits per heavy atom. The fraction of sp³-hybridized carbons (Fsp3) is 0.375. The number of fused-ring (bicyclic) bond motifs is 1. The second-order valence-electron chi connectivity index (χ2n) is 8.40. The number of para-hydroxylation sites is 1. The molecule has 0 unspecified atom stereocenters. The molecule has 35 heavy (non-hydrogen) atoms. The predicted molar refractivity (Wildman–Crippen MR) is 130 cm³/mol. The summed E-state index contributed by atoms with van der Waals surface area (Å²) in [7, 11) is -2.49. The van der Waals surface area contributed by atoms with Gasteiger partial charge in [-0.3, -0.25) is 9.48 Å². The van der Waals surface area contributed by atoms with E-state index in [2.05, 4.69) is 10.3 Å². The van der Waals surface area contributed by atoms with Crippen LogP contribution >= 0.6 is 0 Å². The molecule has 2 heterocycles. The second kappa shape index (κ2) is 10.0. The third-order valence-corrected chi connectivity index (χ3v) is 7.98. The van der Waals surface area contributed by atoms with Crippen molar-refractivity contribution in [2.75, 3.05) is 26.8 Å². The van der Waals surface area contributed by atoms with Gasteiger partial charge in [0.1, 0.15) is 12.9 Å². The van der Waals surface area contributed by atoms with Gasteiger partial charge in [0.25, 0.3) is 0 Å². The van der Waals surface area contributed by atoms with Gasteiger partial charge in [-0.2, -0.15) is 9.40 Å². The van der Waals surface area contributed by atoms with E-state index in [1.165, 1.54) is 23.7 Å². The highest BCUT2D eigenvalue weighted by molar-refractivity contribution is 7.89. The molecule has 2 aromatic carbocycles. The van der Waals surface area contributed by atoms with Crippen LogP contribution in [0.25, 0.3) is 10.9 Å². The minimum Gasteiger partial charge on any atom is -0.494 e. The Kier molecular flexibility index (Phi) is 7.08. The van der Waals surface area contributed by atoms with E-state index in [9.17, 15) is 18.3 Å². The van der Waals surface area contributed by atoms with Gasteiger partial charge in [0.15, 0.2) is 0 Å². The maximum Gasteiger partial charge on any atom is 0.309 e. The molecule has 0 spiro atoms. The van der Waals surface area contributed by atoms with Crippen molar-refractivity contribution in [3.05, 3.63) is 53.7 Å². The Morgan fingerprint density at radius 2 is 2.03 bits per heavy atom. The zero-order valence-electron chi connectivity index (χ0n) is 19.8. The number of hydrogen-bond donors (Lipinski definition) is 1. The molecule has 1 N–H and O–H groups in total. The first-order valence-corrected chi connectivity index (χ1v) is 12.7. The van der Waals surface area contributed by atoms with Crippen LogP contribution in [0.5, 0.6) is 5.75 Å². The zero-order valence-corrected chi connectivity index (χ0v) is 20.6. The van der Waals surface area contributed by atoms with E-state index in [4.69, 9.17) is 9.57 Å². The van der Waals surface area contributed by atoms with Crippen molar-refractivity contribution >= 4 is 33.1 Å². The summed E-state index contributed by atoms with van der Waals surface area (Å²) in [5, 5.41) is 18.4. The van der Waals surface area contributed by atoms with E-state index in [1.807, 2.05) is 38.1 Å². The summed E-state index contributed by atoms with van der Waals surface area (Å²) in [5.41, 5.74) is 1.61. The molecule has 1 saturated heterocycles. The van der Waals surface area contributed by atoms with Crippen LogP contribution < -0.4 is 4.74 Å². The Balaban J connectivity index is 1.70. The number of carbonyl (C=O) groups is 1. The van der Waals surface area contributed by atoms with E-state index in [-0.39, 0.29) is 29.8 Å². The number of nitrogens with zero attached hydrogens (tertiary/aromatic N) is 4. The molecular formula is C24H28N4O6S. The molecule has 1 aliphatic heterocycles. The molecule has 4 rings (SSSR count). The van der Waals surface area contributed by atoms with E-state index < -0.39 is 16.0 Å². The van der Waals surface area contributed by atoms with Gasteiger partial charge in [-0.25, -0.2) is 8.42 Å². The number of rotatable bonds is 9. The zero-order chi connectivity index (χ0) is 25.2. The number of aromatic nitrogens is 2. The normalized spacial score (nSPS) is 18.9. The molecule has 1 aliphatic rings. The summed E-state index contributed by atoms with van der Waals surface area (Å²) < 4.78 is 36.1. The minimum atomic E-state index is -3.88. The van der Waals surface area contributed by atoms with Crippen LogP contribution in [-0.2, 0) is 26.1 Å². The molecular weight excluding hydrogens is 472 g/mol. The molecule has 2 atom stereocenters. The highest BCUT2D eigenvalue weighted by Gasteiger charge is 2.40. The molecule has 11 heteroatoms. The quantitative estimate of drug-likeness (QED) is 0.354. The van der Waals surface area contributed by atoms with E-state index in [0.717, 1.165) is 10.9 Å². The summed E-state index contributed by atoms with van der Waals surface area (Å²) in [6, 6.07) is 11.9. The first-order valence-electron chi connectivity index (χ1n) is 11.3. The smallest absolute Gasteiger partial charge is 0.309 e. The summed E-state index contributed by atoms with van der Waals surface area (Å²) in [5.74, 6) is -0.486. The Bertz CT molecular complexity index is 1370. The van der Waals surface area contributed by atoms with E-state index in [1.54, 1.807) is 16.8 Å². The summed E-state index contributed by atoms with van der Waals surface area (Å²) in [6.07, 6.45) is 1.15. The van der Waals surface area contributed by atoms with Gasteiger partial charge >= 0.3 is 5.97 Å². The number of carboxylic acids is 1. The number of carboxylic acid groups (broad SMARTS) is 1. The molecule has 1 aromatic heterocycles. The van der Waals surface area contributed by atoms with Crippen molar-refractivity contribution in [3.8, 4) is 5.75 Å². The van der Waals surface area contributed by atoms with Crippen molar-refractivity contribution < 1.29 is 27.9 Å². The van der Waals surface area contributed by atoms with Crippen molar-refractivity contribution in [2.24, 2.45) is 11.1 Å². The summed E-state index contributed by atoms with van der Waals surface area (Å²) in [4.78, 5) is 16.2. The molecule has 0 saturated carbocycles. The van der Waals surface area contributed by atoms with Gasteiger partial charge in [0.2, 0.25) is 10.0 Å². The fourth-order valence-corrected chi connectivity index (χ4v) is 6.18. The maximum absolute atomic E-state index is 13.7. The minimum absolute atomic E-state index is 0.0513. The predicted octanol–water partition coefficient (Wildman–Crippen LogP) is 2.92. The first kappa shape index (κ1) is 24.7. The van der Waals surface area contributed by atoms with E-state index in [0.29, 0.717) is 30.2 Å². The molecule has 3 aromatic rings. The van der Waals surface area contributed by atoms with Gasteiger partial charge in [0.05, 0.1) is 41.4 Å². The molecule has 186 valence electrons. The van der Waals surface area contributed by atoms with Crippen LogP contribution in [-0.4, -0.2) is 66.6 Å². The average Bonchev–Trinajstić information content (AvgIpc) is 3.38. The van der Waals surface area contributed by atoms with Gasteiger partial charge in [0, 0.05) is 24.0 Å². The lowest BCUT2D eigenvalue weighted by Gasteiger charge is -2.19. The SMILES string of the molecule is CCOc1ccc(S(=O)(=O)N2C[C@@H](C)[C@@H](n3nc(CC(=O)O)c4ccccc43)C2)c(/C=N/OC)c1. The first-order chi connectivity index (χ1) is 16.8. The van der Waals surface area contributed by atoms with Gasteiger partial charge in [-0.05, 0) is 37.1 Å². The molecule has 0 aliphatic carbocycles. The average molecular weight is 501 g/mol. The molecule has 10 nitrogen and oxygen atoms in total. The number of aliphatic carboxylic acids is 1. The Labute approximate surface area is 203 Å². The third kappa shape index (κ3) is 4.87. The number of oxime groups is 1. The van der Waals surface area contributed by atoms with Crippen molar-refractivity contribution in [3.63, 3.8) is 0 Å².